The van der Waals surface area contributed by atoms with Gasteiger partial charge in [-0.2, -0.15) is 5.10 Å². The number of hydrogen-bond donors (Lipinski definition) is 2. The number of amides is 1. The Kier molecular flexibility index (Phi) is 1.55. The fourth-order valence-electron chi connectivity index (χ4n) is 0.502. The van der Waals surface area contributed by atoms with E-state index >= 15 is 0 Å². The van der Waals surface area contributed by atoms with Crippen molar-refractivity contribution < 1.29 is 4.79 Å². The lowest BCUT2D eigenvalue weighted by molar-refractivity contribution is 0.0984. The molecule has 1 amide bonds. The van der Waals surface area contributed by atoms with Gasteiger partial charge in [0.05, 0.1) is 0 Å². The Bertz CT molecular complexity index is 389. The predicted molar refractivity (Wildman–Crippen MR) is 32.9 cm³/mol. The second kappa shape index (κ2) is 2.37. The molecule has 1 heterocycles. The predicted octanol–water partition coefficient (Wildman–Crippen LogP) is -2.12. The Morgan fingerprint density at radius 3 is 2.55 bits per heavy atom. The Hall–Kier alpha value is -1.92. The molecule has 1 aromatic heterocycles. The molecular weight excluding hydrogens is 152 g/mol. The van der Waals surface area contributed by atoms with Gasteiger partial charge in [-0.3, -0.25) is 20.3 Å². The van der Waals surface area contributed by atoms with E-state index in [0.29, 0.717) is 0 Å². The van der Waals surface area contributed by atoms with Gasteiger partial charge in [0.25, 0.3) is 11.5 Å². The van der Waals surface area contributed by atoms with Gasteiger partial charge >= 0.3 is 5.69 Å². The Morgan fingerprint density at radius 2 is 2.09 bits per heavy atom. The summed E-state index contributed by atoms with van der Waals surface area (Å²) in [7, 11) is 0. The first-order valence-electron chi connectivity index (χ1n) is 2.56. The Morgan fingerprint density at radius 1 is 1.45 bits per heavy atom. The van der Waals surface area contributed by atoms with Gasteiger partial charge in [-0.25, -0.2) is 9.89 Å². The Labute approximate surface area is 59.2 Å². The van der Waals surface area contributed by atoms with Gasteiger partial charge in [0.1, 0.15) is 0 Å². The first-order valence-corrected chi connectivity index (χ1v) is 2.56. The number of rotatable bonds is 1. The molecule has 1 aromatic rings. The molecule has 0 spiro atoms. The summed E-state index contributed by atoms with van der Waals surface area (Å²) in [5.41, 5.74) is 4.11. The zero-order chi connectivity index (χ0) is 8.43. The van der Waals surface area contributed by atoms with Crippen molar-refractivity contribution in [2.75, 3.05) is 0 Å². The third-order valence-electron chi connectivity index (χ3n) is 0.926. The number of H-pyrrole nitrogens is 2. The summed E-state index contributed by atoms with van der Waals surface area (Å²) in [6.45, 7) is 0. The molecule has 1 radical (unpaired) electrons. The molecule has 7 nitrogen and oxygen atoms in total. The van der Waals surface area contributed by atoms with Gasteiger partial charge in [0, 0.05) is 0 Å². The third-order valence-corrected chi connectivity index (χ3v) is 0.926. The molecule has 0 atom stereocenters. The summed E-state index contributed by atoms with van der Waals surface area (Å²) < 4.78 is 0. The maximum atomic E-state index is 10.6. The van der Waals surface area contributed by atoms with Gasteiger partial charge in [0.2, 0.25) is 5.69 Å². The monoisotopic (exact) mass is 155 g/mol. The standard InChI is InChI=1S/C4H3N4O3/c5-2(9)1-3(10)6-4(11)8-7-1/h5H,(H2,6,8,10,11). The van der Waals surface area contributed by atoms with Crippen molar-refractivity contribution in [3.8, 4) is 0 Å². The average Bonchev–Trinajstić information content (AvgIpc) is 1.85. The molecule has 0 saturated carbocycles. The van der Waals surface area contributed by atoms with Gasteiger partial charge in [0.15, 0.2) is 0 Å². The number of aromatic amines is 2. The van der Waals surface area contributed by atoms with Crippen LogP contribution in [0, 0.1) is 0 Å². The normalized spacial score (nSPS) is 9.45. The molecular formula is C4H3N4O3. The van der Waals surface area contributed by atoms with Crippen LogP contribution in [0.4, 0.5) is 0 Å². The van der Waals surface area contributed by atoms with E-state index in [1.807, 2.05) is 5.10 Å². The highest BCUT2D eigenvalue weighted by Gasteiger charge is 2.08. The van der Waals surface area contributed by atoms with E-state index in [1.165, 1.54) is 0 Å². The summed E-state index contributed by atoms with van der Waals surface area (Å²) in [6, 6.07) is 0. The molecule has 0 bridgehead atoms. The molecule has 57 valence electrons. The molecule has 0 aromatic carbocycles. The average molecular weight is 155 g/mol. The SMILES string of the molecule is [NH]C(=O)c1n[nH]c(=O)[nH]c1=O. The van der Waals surface area contributed by atoms with E-state index in [-0.39, 0.29) is 0 Å². The van der Waals surface area contributed by atoms with Crippen molar-refractivity contribution >= 4 is 5.91 Å². The maximum Gasteiger partial charge on any atom is 0.342 e. The van der Waals surface area contributed by atoms with Crippen LogP contribution >= 0.6 is 0 Å². The lowest BCUT2D eigenvalue weighted by Crippen LogP contribution is -2.30. The molecule has 0 aliphatic carbocycles. The number of nitrogens with zero attached hydrogens (tertiary/aromatic N) is 1. The van der Waals surface area contributed by atoms with Crippen LogP contribution in [0.25, 0.3) is 0 Å². The highest BCUT2D eigenvalue weighted by atomic mass is 16.2. The molecule has 0 unspecified atom stereocenters. The van der Waals surface area contributed by atoms with Gasteiger partial charge in [-0.15, -0.1) is 0 Å². The summed E-state index contributed by atoms with van der Waals surface area (Å²) in [6.07, 6.45) is 0. The summed E-state index contributed by atoms with van der Waals surface area (Å²) in [4.78, 5) is 32.9. The van der Waals surface area contributed by atoms with Crippen LogP contribution in [0.15, 0.2) is 9.59 Å². The van der Waals surface area contributed by atoms with E-state index in [9.17, 15) is 14.4 Å². The lowest BCUT2D eigenvalue weighted by atomic mass is 10.4. The maximum absolute atomic E-state index is 10.6. The number of hydrogen-bond acceptors (Lipinski definition) is 4. The van der Waals surface area contributed by atoms with Crippen molar-refractivity contribution in [3.63, 3.8) is 0 Å². The minimum absolute atomic E-state index is 0.621. The van der Waals surface area contributed by atoms with Crippen LogP contribution in [0.2, 0.25) is 0 Å². The molecule has 0 saturated heterocycles. The molecule has 0 aliphatic rings. The van der Waals surface area contributed by atoms with Crippen LogP contribution in [-0.4, -0.2) is 21.1 Å². The summed E-state index contributed by atoms with van der Waals surface area (Å²) in [5, 5.41) is 4.88. The second-order valence-electron chi connectivity index (χ2n) is 1.68. The smallest absolute Gasteiger partial charge is 0.271 e. The van der Waals surface area contributed by atoms with Crippen LogP contribution in [0.5, 0.6) is 0 Å². The summed E-state index contributed by atoms with van der Waals surface area (Å²) >= 11 is 0. The number of carbonyl (C=O) groups is 1. The van der Waals surface area contributed by atoms with Gasteiger partial charge < -0.3 is 0 Å². The van der Waals surface area contributed by atoms with Crippen molar-refractivity contribution in [2.24, 2.45) is 0 Å². The molecule has 0 fully saturated rings. The van der Waals surface area contributed by atoms with Gasteiger partial charge in [-0.05, 0) is 0 Å². The number of carbonyl (C=O) groups excluding carboxylic acids is 1. The van der Waals surface area contributed by atoms with Crippen molar-refractivity contribution in [3.05, 3.63) is 26.5 Å². The highest BCUT2D eigenvalue weighted by molar-refractivity contribution is 5.89. The highest BCUT2D eigenvalue weighted by Crippen LogP contribution is 1.74. The van der Waals surface area contributed by atoms with Crippen LogP contribution in [-0.2, 0) is 0 Å². The van der Waals surface area contributed by atoms with E-state index in [1.54, 1.807) is 4.98 Å². The van der Waals surface area contributed by atoms with E-state index in [0.717, 1.165) is 0 Å². The Balaban J connectivity index is 3.43. The van der Waals surface area contributed by atoms with E-state index in [2.05, 4.69) is 5.10 Å². The summed E-state index contributed by atoms with van der Waals surface area (Å²) in [5.74, 6) is -1.23. The minimum atomic E-state index is -1.23. The zero-order valence-electron chi connectivity index (χ0n) is 5.17. The molecule has 3 N–H and O–H groups in total. The third kappa shape index (κ3) is 1.31. The molecule has 11 heavy (non-hydrogen) atoms. The number of nitrogens with one attached hydrogen (secondary N) is 3. The topological polar surface area (TPSA) is 119 Å². The van der Waals surface area contributed by atoms with E-state index in [4.69, 9.17) is 5.73 Å². The lowest BCUT2D eigenvalue weighted by Gasteiger charge is -1.87. The minimum Gasteiger partial charge on any atom is -0.271 e. The molecule has 7 heteroatoms. The second-order valence-corrected chi connectivity index (χ2v) is 1.68. The fourth-order valence-corrected chi connectivity index (χ4v) is 0.502. The van der Waals surface area contributed by atoms with Crippen LogP contribution < -0.4 is 17.0 Å². The van der Waals surface area contributed by atoms with Crippen LogP contribution in [0.3, 0.4) is 0 Å². The quantitative estimate of drug-likeness (QED) is 0.481. The first kappa shape index (κ1) is 7.19. The largest absolute Gasteiger partial charge is 0.342 e. The van der Waals surface area contributed by atoms with Crippen LogP contribution in [0.1, 0.15) is 10.5 Å². The van der Waals surface area contributed by atoms with E-state index < -0.39 is 22.9 Å². The molecule has 0 aliphatic heterocycles. The zero-order valence-corrected chi connectivity index (χ0v) is 5.17. The van der Waals surface area contributed by atoms with Crippen molar-refractivity contribution in [1.29, 1.82) is 0 Å². The van der Waals surface area contributed by atoms with Gasteiger partial charge in [-0.1, -0.05) is 0 Å². The first-order chi connectivity index (χ1) is 5.11. The van der Waals surface area contributed by atoms with Crippen molar-refractivity contribution in [1.82, 2.24) is 20.9 Å². The number of aromatic nitrogens is 3. The fraction of sp³-hybridized carbons (Fsp3) is 0. The van der Waals surface area contributed by atoms with Crippen molar-refractivity contribution in [2.45, 2.75) is 0 Å². The molecule has 1 rings (SSSR count).